The van der Waals surface area contributed by atoms with Crippen LogP contribution in [0.25, 0.3) is 0 Å². The summed E-state index contributed by atoms with van der Waals surface area (Å²) in [5, 5.41) is 5.78. The Labute approximate surface area is 124 Å². The Morgan fingerprint density at radius 1 is 0.952 bits per heavy atom. The number of hydrogen-bond acceptors (Lipinski definition) is 2. The van der Waals surface area contributed by atoms with Gasteiger partial charge >= 0.3 is 0 Å². The molecule has 2 N–H and O–H groups in total. The van der Waals surface area contributed by atoms with Crippen molar-refractivity contribution in [3.8, 4) is 0 Å². The minimum absolute atomic E-state index is 0.188. The number of halogens is 1. The first kappa shape index (κ1) is 15.2. The van der Waals surface area contributed by atoms with Crippen molar-refractivity contribution in [1.29, 1.82) is 0 Å². The van der Waals surface area contributed by atoms with Crippen LogP contribution in [0, 0.1) is 5.82 Å². The van der Waals surface area contributed by atoms with Gasteiger partial charge in [-0.2, -0.15) is 0 Å². The molecule has 0 aliphatic carbocycles. The van der Waals surface area contributed by atoms with E-state index in [2.05, 4.69) is 22.8 Å². The van der Waals surface area contributed by atoms with E-state index >= 15 is 0 Å². The highest BCUT2D eigenvalue weighted by atomic mass is 19.1. The van der Waals surface area contributed by atoms with Crippen molar-refractivity contribution in [2.24, 2.45) is 0 Å². The lowest BCUT2D eigenvalue weighted by Crippen LogP contribution is -2.23. The van der Waals surface area contributed by atoms with E-state index < -0.39 is 5.82 Å². The fourth-order valence-corrected chi connectivity index (χ4v) is 1.98. The van der Waals surface area contributed by atoms with Crippen molar-refractivity contribution in [3.05, 3.63) is 66.0 Å². The average Bonchev–Trinajstić information content (AvgIpc) is 2.50. The maximum absolute atomic E-state index is 13.4. The summed E-state index contributed by atoms with van der Waals surface area (Å²) in [6, 6.07) is 16.3. The number of amides is 1. The lowest BCUT2D eigenvalue weighted by molar-refractivity contribution is -0.116. The van der Waals surface area contributed by atoms with Crippen molar-refractivity contribution in [2.75, 3.05) is 18.4 Å². The molecule has 2 aromatic rings. The number of carbonyl (C=O) groups excluding carboxylic acids is 1. The quantitative estimate of drug-likeness (QED) is 0.768. The van der Waals surface area contributed by atoms with Crippen LogP contribution in [0.2, 0.25) is 0 Å². The minimum Gasteiger partial charge on any atom is -0.324 e. The molecular weight excluding hydrogens is 267 g/mol. The third-order valence-electron chi connectivity index (χ3n) is 3.11. The number of hydrogen-bond donors (Lipinski definition) is 2. The van der Waals surface area contributed by atoms with Gasteiger partial charge in [0.15, 0.2) is 0 Å². The summed E-state index contributed by atoms with van der Waals surface area (Å²) < 4.78 is 13.4. The van der Waals surface area contributed by atoms with Gasteiger partial charge in [-0.05, 0) is 30.7 Å². The van der Waals surface area contributed by atoms with Crippen molar-refractivity contribution in [3.63, 3.8) is 0 Å². The van der Waals surface area contributed by atoms with Gasteiger partial charge in [0.2, 0.25) is 5.91 Å². The van der Waals surface area contributed by atoms with Gasteiger partial charge in [-0.3, -0.25) is 4.79 Å². The van der Waals surface area contributed by atoms with Crippen LogP contribution in [-0.4, -0.2) is 19.0 Å². The molecule has 0 saturated heterocycles. The summed E-state index contributed by atoms with van der Waals surface area (Å²) in [7, 11) is 0. The standard InChI is InChI=1S/C17H19FN2O/c18-15-8-4-5-9-16(15)20-17(21)11-13-19-12-10-14-6-2-1-3-7-14/h1-9,19H,10-13H2,(H,20,21). The van der Waals surface area contributed by atoms with Crippen LogP contribution >= 0.6 is 0 Å². The highest BCUT2D eigenvalue weighted by Crippen LogP contribution is 2.12. The molecule has 0 spiro atoms. The van der Waals surface area contributed by atoms with Gasteiger partial charge in [0.1, 0.15) is 5.82 Å². The van der Waals surface area contributed by atoms with Crippen LogP contribution in [0.5, 0.6) is 0 Å². The number of benzene rings is 2. The van der Waals surface area contributed by atoms with Crippen LogP contribution in [0.3, 0.4) is 0 Å². The molecule has 0 bridgehead atoms. The molecule has 0 aromatic heterocycles. The Balaban J connectivity index is 1.63. The molecule has 110 valence electrons. The molecule has 3 nitrogen and oxygen atoms in total. The first-order valence-corrected chi connectivity index (χ1v) is 7.05. The molecule has 0 aliphatic rings. The molecule has 4 heteroatoms. The fourth-order valence-electron chi connectivity index (χ4n) is 1.98. The summed E-state index contributed by atoms with van der Waals surface area (Å²) in [5.41, 5.74) is 1.49. The predicted molar refractivity (Wildman–Crippen MR) is 82.7 cm³/mol. The van der Waals surface area contributed by atoms with E-state index in [4.69, 9.17) is 0 Å². The Hall–Kier alpha value is -2.20. The predicted octanol–water partition coefficient (Wildman–Crippen LogP) is 2.99. The van der Waals surface area contributed by atoms with Crippen LogP contribution in [0.15, 0.2) is 54.6 Å². The lowest BCUT2D eigenvalue weighted by atomic mass is 10.1. The Kier molecular flexibility index (Phi) is 5.91. The maximum atomic E-state index is 13.4. The number of carbonyl (C=O) groups is 1. The summed E-state index contributed by atoms with van der Waals surface area (Å²) in [6.07, 6.45) is 1.25. The molecule has 0 heterocycles. The summed E-state index contributed by atoms with van der Waals surface area (Å²) >= 11 is 0. The maximum Gasteiger partial charge on any atom is 0.225 e. The summed E-state index contributed by atoms with van der Waals surface area (Å²) in [5.74, 6) is -0.602. The first-order chi connectivity index (χ1) is 10.3. The smallest absolute Gasteiger partial charge is 0.225 e. The lowest BCUT2D eigenvalue weighted by Gasteiger charge is -2.07. The molecule has 0 radical (unpaired) electrons. The third-order valence-corrected chi connectivity index (χ3v) is 3.11. The summed E-state index contributed by atoms with van der Waals surface area (Å²) in [4.78, 5) is 11.7. The minimum atomic E-state index is -0.414. The van der Waals surface area contributed by atoms with Gasteiger partial charge in [-0.15, -0.1) is 0 Å². The van der Waals surface area contributed by atoms with Crippen molar-refractivity contribution < 1.29 is 9.18 Å². The van der Waals surface area contributed by atoms with Gasteiger partial charge in [-0.1, -0.05) is 42.5 Å². The Morgan fingerprint density at radius 3 is 2.43 bits per heavy atom. The van der Waals surface area contributed by atoms with E-state index in [1.54, 1.807) is 18.2 Å². The van der Waals surface area contributed by atoms with Crippen molar-refractivity contribution >= 4 is 11.6 Å². The second-order valence-electron chi connectivity index (χ2n) is 4.76. The molecule has 0 atom stereocenters. The zero-order valence-corrected chi connectivity index (χ0v) is 11.8. The zero-order valence-electron chi connectivity index (χ0n) is 11.8. The average molecular weight is 286 g/mol. The van der Waals surface area contributed by atoms with Crippen LogP contribution in [0.4, 0.5) is 10.1 Å². The van der Waals surface area contributed by atoms with E-state index in [-0.39, 0.29) is 11.6 Å². The van der Waals surface area contributed by atoms with Gasteiger partial charge in [0, 0.05) is 13.0 Å². The molecule has 0 saturated carbocycles. The van der Waals surface area contributed by atoms with Gasteiger partial charge in [0.05, 0.1) is 5.69 Å². The molecule has 2 rings (SSSR count). The molecule has 21 heavy (non-hydrogen) atoms. The van der Waals surface area contributed by atoms with Crippen LogP contribution in [-0.2, 0) is 11.2 Å². The van der Waals surface area contributed by atoms with E-state index in [1.807, 2.05) is 18.2 Å². The fraction of sp³-hybridized carbons (Fsp3) is 0.235. The number of nitrogens with one attached hydrogen (secondary N) is 2. The van der Waals surface area contributed by atoms with Crippen molar-refractivity contribution in [2.45, 2.75) is 12.8 Å². The van der Waals surface area contributed by atoms with E-state index in [0.29, 0.717) is 13.0 Å². The molecule has 0 unspecified atom stereocenters. The zero-order chi connectivity index (χ0) is 14.9. The first-order valence-electron chi connectivity index (χ1n) is 7.05. The van der Waals surface area contributed by atoms with Crippen LogP contribution in [0.1, 0.15) is 12.0 Å². The highest BCUT2D eigenvalue weighted by Gasteiger charge is 2.05. The largest absolute Gasteiger partial charge is 0.324 e. The van der Waals surface area contributed by atoms with Crippen molar-refractivity contribution in [1.82, 2.24) is 5.32 Å². The summed E-state index contributed by atoms with van der Waals surface area (Å²) in [6.45, 7) is 1.39. The highest BCUT2D eigenvalue weighted by molar-refractivity contribution is 5.90. The number of anilines is 1. The normalized spacial score (nSPS) is 10.3. The molecule has 0 fully saturated rings. The van der Waals surface area contributed by atoms with Gasteiger partial charge in [-0.25, -0.2) is 4.39 Å². The van der Waals surface area contributed by atoms with E-state index in [9.17, 15) is 9.18 Å². The second kappa shape index (κ2) is 8.17. The van der Waals surface area contributed by atoms with Gasteiger partial charge < -0.3 is 10.6 Å². The molecular formula is C17H19FN2O. The number of para-hydroxylation sites is 1. The number of rotatable bonds is 7. The monoisotopic (exact) mass is 286 g/mol. The Bertz CT molecular complexity index is 572. The van der Waals surface area contributed by atoms with Crippen LogP contribution < -0.4 is 10.6 Å². The van der Waals surface area contributed by atoms with Gasteiger partial charge in [0.25, 0.3) is 0 Å². The Morgan fingerprint density at radius 2 is 1.67 bits per heavy atom. The topological polar surface area (TPSA) is 41.1 Å². The molecule has 0 aliphatic heterocycles. The third kappa shape index (κ3) is 5.36. The molecule has 1 amide bonds. The molecule has 2 aromatic carbocycles. The van der Waals surface area contributed by atoms with E-state index in [1.165, 1.54) is 11.6 Å². The van der Waals surface area contributed by atoms with E-state index in [0.717, 1.165) is 13.0 Å². The second-order valence-corrected chi connectivity index (χ2v) is 4.76. The SMILES string of the molecule is O=C(CCNCCc1ccccc1)Nc1ccccc1F.